The van der Waals surface area contributed by atoms with Gasteiger partial charge in [-0.05, 0) is 0 Å². The van der Waals surface area contributed by atoms with Gasteiger partial charge in [-0.2, -0.15) is 0 Å². The Morgan fingerprint density at radius 3 is 1.84 bits per heavy atom. The van der Waals surface area contributed by atoms with E-state index in [2.05, 4.69) is 54.6 Å². The summed E-state index contributed by atoms with van der Waals surface area (Å²) in [7, 11) is -0.315. The SMILES string of the molecule is CCC[CH2][Sn]([CH2]CCC)([CH2]CCC)/[C](F)=C(/CCOCc1ccc(OC)cc1)CO[Si](C)(C)C(C)(C)C. The van der Waals surface area contributed by atoms with Gasteiger partial charge in [-0.1, -0.05) is 0 Å². The molecule has 6 heteroatoms. The summed E-state index contributed by atoms with van der Waals surface area (Å²) in [5.74, 6) is 0.842. The van der Waals surface area contributed by atoms with Crippen LogP contribution >= 0.6 is 0 Å². The first kappa shape index (κ1) is 34.7. The topological polar surface area (TPSA) is 27.7 Å². The van der Waals surface area contributed by atoms with Crippen LogP contribution in [0.1, 0.15) is 92.1 Å². The fraction of sp³-hybridized carbons (Fsp3) is 0.742. The Bertz CT molecular complexity index is 765. The Kier molecular flexibility index (Phi) is 16.2. The maximum atomic E-state index is 16.9. The van der Waals surface area contributed by atoms with Gasteiger partial charge in [0.1, 0.15) is 0 Å². The molecule has 3 nitrogen and oxygen atoms in total. The van der Waals surface area contributed by atoms with Crippen LogP contribution in [0.5, 0.6) is 5.75 Å². The number of unbranched alkanes of at least 4 members (excludes halogenated alkanes) is 3. The first-order valence-electron chi connectivity index (χ1n) is 14.7. The molecule has 0 unspecified atom stereocenters. The normalized spacial score (nSPS) is 13.6. The van der Waals surface area contributed by atoms with Gasteiger partial charge < -0.3 is 0 Å². The molecule has 0 radical (unpaired) electrons. The summed E-state index contributed by atoms with van der Waals surface area (Å²) < 4.78 is 38.6. The van der Waals surface area contributed by atoms with E-state index in [1.54, 1.807) is 7.11 Å². The standard InChI is InChI=1S/C19H30FO3Si.3C4H9.Sn/c1-19(2,3)24(5,6)23-15-17(13-20)11-12-22-14-16-7-9-18(21-4)10-8-16;3*1-3-4-2;/h7-10H,11-12,14-15H2,1-6H3;3*1,3-4H2,2H3;. The Labute approximate surface area is 233 Å². The van der Waals surface area contributed by atoms with Crippen LogP contribution in [0.2, 0.25) is 31.4 Å². The summed E-state index contributed by atoms with van der Waals surface area (Å²) in [4.78, 5) is 0. The van der Waals surface area contributed by atoms with Gasteiger partial charge in [0.15, 0.2) is 0 Å². The number of hydrogen-bond acceptors (Lipinski definition) is 3. The zero-order chi connectivity index (χ0) is 28.0. The minimum atomic E-state index is -3.17. The van der Waals surface area contributed by atoms with Gasteiger partial charge in [-0.3, -0.25) is 0 Å². The third-order valence-electron chi connectivity index (χ3n) is 8.19. The summed E-state index contributed by atoms with van der Waals surface area (Å²) >= 11 is -3.17. The average molecular weight is 644 g/mol. The molecule has 0 amide bonds. The predicted molar refractivity (Wildman–Crippen MR) is 163 cm³/mol. The van der Waals surface area contributed by atoms with Gasteiger partial charge in [0.05, 0.1) is 0 Å². The zero-order valence-corrected chi connectivity index (χ0v) is 29.5. The van der Waals surface area contributed by atoms with Crippen LogP contribution in [0.25, 0.3) is 0 Å². The first-order chi connectivity index (χ1) is 17.5. The van der Waals surface area contributed by atoms with Crippen molar-refractivity contribution in [1.82, 2.24) is 0 Å². The molecule has 0 aliphatic carbocycles. The second kappa shape index (κ2) is 17.3. The van der Waals surface area contributed by atoms with Gasteiger partial charge >= 0.3 is 235 Å². The second-order valence-corrected chi connectivity index (χ2v) is 29.9. The Morgan fingerprint density at radius 1 is 0.892 bits per heavy atom. The zero-order valence-electron chi connectivity index (χ0n) is 25.6. The molecule has 0 heterocycles. The van der Waals surface area contributed by atoms with E-state index >= 15 is 4.39 Å². The van der Waals surface area contributed by atoms with E-state index in [1.807, 2.05) is 24.3 Å². The van der Waals surface area contributed by atoms with Crippen molar-refractivity contribution in [1.29, 1.82) is 0 Å². The van der Waals surface area contributed by atoms with Crippen LogP contribution in [0, 0.1) is 0 Å². The van der Waals surface area contributed by atoms with Crippen molar-refractivity contribution in [2.45, 2.75) is 125 Å². The molecule has 0 saturated heterocycles. The van der Waals surface area contributed by atoms with Crippen LogP contribution in [0.4, 0.5) is 4.39 Å². The number of methoxy groups -OCH3 is 1. The quantitative estimate of drug-likeness (QED) is 0.111. The van der Waals surface area contributed by atoms with Crippen LogP contribution in [0.3, 0.4) is 0 Å². The van der Waals surface area contributed by atoms with Crippen LogP contribution in [-0.2, 0) is 15.8 Å². The van der Waals surface area contributed by atoms with E-state index in [0.717, 1.165) is 68.7 Å². The molecular weight excluding hydrogens is 586 g/mol. The van der Waals surface area contributed by atoms with Gasteiger partial charge in [-0.15, -0.1) is 0 Å². The van der Waals surface area contributed by atoms with Gasteiger partial charge in [0.25, 0.3) is 0 Å². The Hall–Kier alpha value is -0.374. The summed E-state index contributed by atoms with van der Waals surface area (Å²) in [5, 5.41) is 0.104. The van der Waals surface area contributed by atoms with Crippen molar-refractivity contribution in [2.24, 2.45) is 0 Å². The summed E-state index contributed by atoms with van der Waals surface area (Å²) in [5.41, 5.74) is 2.02. The van der Waals surface area contributed by atoms with Crippen molar-refractivity contribution in [3.8, 4) is 5.75 Å². The molecule has 1 aromatic rings. The molecule has 0 saturated carbocycles. The van der Waals surface area contributed by atoms with E-state index < -0.39 is 26.7 Å². The second-order valence-electron chi connectivity index (χ2n) is 12.2. The summed E-state index contributed by atoms with van der Waals surface area (Å²) in [6.45, 7) is 19.5. The monoisotopic (exact) mass is 644 g/mol. The first-order valence-corrected chi connectivity index (χ1v) is 25.1. The molecule has 0 atom stereocenters. The van der Waals surface area contributed by atoms with Crippen LogP contribution in [0.15, 0.2) is 33.7 Å². The molecule has 0 aliphatic rings. The molecule has 0 aliphatic heterocycles. The molecule has 0 spiro atoms. The van der Waals surface area contributed by atoms with E-state index in [-0.39, 0.29) is 5.04 Å². The fourth-order valence-corrected chi connectivity index (χ4v) is 21.0. The molecule has 214 valence electrons. The maximum absolute atomic E-state index is 16.9. The Morgan fingerprint density at radius 2 is 1.41 bits per heavy atom. The third-order valence-corrected chi connectivity index (χ3v) is 27.6. The third kappa shape index (κ3) is 11.7. The van der Waals surface area contributed by atoms with Crippen molar-refractivity contribution in [3.63, 3.8) is 0 Å². The molecule has 37 heavy (non-hydrogen) atoms. The van der Waals surface area contributed by atoms with E-state index in [0.29, 0.717) is 30.1 Å². The van der Waals surface area contributed by atoms with Crippen molar-refractivity contribution in [2.75, 3.05) is 20.3 Å². The fourth-order valence-electron chi connectivity index (χ4n) is 4.46. The van der Waals surface area contributed by atoms with Crippen molar-refractivity contribution < 1.29 is 18.3 Å². The summed E-state index contributed by atoms with van der Waals surface area (Å²) in [6, 6.07) is 7.96. The van der Waals surface area contributed by atoms with Gasteiger partial charge in [0, 0.05) is 0 Å². The number of ether oxygens (including phenoxy) is 2. The molecule has 1 rings (SSSR count). The summed E-state index contributed by atoms with van der Waals surface area (Å²) in [6.07, 6.45) is 7.52. The Balaban J connectivity index is 3.20. The van der Waals surface area contributed by atoms with E-state index in [1.165, 1.54) is 0 Å². The molecule has 0 bridgehead atoms. The average Bonchev–Trinajstić information content (AvgIpc) is 2.87. The van der Waals surface area contributed by atoms with E-state index in [9.17, 15) is 0 Å². The van der Waals surface area contributed by atoms with Crippen molar-refractivity contribution in [3.05, 3.63) is 39.2 Å². The predicted octanol–water partition coefficient (Wildman–Crippen LogP) is 10.2. The van der Waals surface area contributed by atoms with E-state index in [4.69, 9.17) is 13.9 Å². The number of halogens is 1. The molecule has 0 N–H and O–H groups in total. The van der Waals surface area contributed by atoms with Gasteiger partial charge in [0.2, 0.25) is 0 Å². The molecule has 1 aromatic carbocycles. The number of hydrogen-bond donors (Lipinski definition) is 0. The number of rotatable bonds is 19. The number of benzene rings is 1. The van der Waals surface area contributed by atoms with Crippen LogP contribution < -0.4 is 4.74 Å². The molecule has 0 aromatic heterocycles. The van der Waals surface area contributed by atoms with Crippen molar-refractivity contribution >= 4 is 26.7 Å². The minimum absolute atomic E-state index is 0.104. The molecular formula is C31H57FO3SiSn. The van der Waals surface area contributed by atoms with Gasteiger partial charge in [-0.25, -0.2) is 0 Å². The molecule has 0 fully saturated rings. The van der Waals surface area contributed by atoms with Crippen LogP contribution in [-0.4, -0.2) is 47.0 Å².